The summed E-state index contributed by atoms with van der Waals surface area (Å²) in [5.41, 5.74) is 0. The van der Waals surface area contributed by atoms with E-state index >= 15 is 0 Å². The van der Waals surface area contributed by atoms with Crippen molar-refractivity contribution in [3.05, 3.63) is 36.4 Å². The maximum absolute atomic E-state index is 9.12. The fourth-order valence-electron chi connectivity index (χ4n) is 1.47. The average molecular weight is 258 g/mol. The molecule has 0 bridgehead atoms. The molecule has 5 N–H and O–H groups in total. The van der Waals surface area contributed by atoms with Crippen molar-refractivity contribution in [1.82, 2.24) is 0 Å². The van der Waals surface area contributed by atoms with E-state index in [2.05, 4.69) is 4.74 Å². The van der Waals surface area contributed by atoms with Crippen LogP contribution in [-0.4, -0.2) is 62.8 Å². The predicted molar refractivity (Wildman–Crippen MR) is 62.4 cm³/mol. The lowest BCUT2D eigenvalue weighted by Gasteiger charge is -2.37. The monoisotopic (exact) mass is 258 g/mol. The molecule has 6 nitrogen and oxygen atoms in total. The Kier molecular flexibility index (Phi) is 6.20. The number of hydrogen-bond donors (Lipinski definition) is 5. The molecule has 2 rings (SSSR count). The van der Waals surface area contributed by atoms with Crippen molar-refractivity contribution >= 4 is 0 Å². The molecule has 0 saturated carbocycles. The van der Waals surface area contributed by atoms with Gasteiger partial charge in [-0.05, 0) is 0 Å². The summed E-state index contributed by atoms with van der Waals surface area (Å²) in [4.78, 5) is 0. The number of aliphatic hydroxyl groups excluding tert-OH is 5. The van der Waals surface area contributed by atoms with E-state index in [1.807, 2.05) is 36.4 Å². The van der Waals surface area contributed by atoms with Crippen LogP contribution in [-0.2, 0) is 4.74 Å². The minimum atomic E-state index is -1.57. The van der Waals surface area contributed by atoms with Crippen LogP contribution in [0.2, 0.25) is 0 Å². The van der Waals surface area contributed by atoms with Gasteiger partial charge < -0.3 is 30.3 Å². The Hall–Kier alpha value is -1.02. The molecular weight excluding hydrogens is 240 g/mol. The van der Waals surface area contributed by atoms with Gasteiger partial charge in [0.1, 0.15) is 24.4 Å². The zero-order chi connectivity index (χ0) is 13.5. The maximum atomic E-state index is 9.12. The molecule has 1 aliphatic heterocycles. The third kappa shape index (κ3) is 4.02. The van der Waals surface area contributed by atoms with Crippen LogP contribution in [0.3, 0.4) is 0 Å². The van der Waals surface area contributed by atoms with Gasteiger partial charge in [0, 0.05) is 0 Å². The van der Waals surface area contributed by atoms with Gasteiger partial charge in [0.25, 0.3) is 0 Å². The maximum Gasteiger partial charge on any atom is 0.184 e. The lowest BCUT2D eigenvalue weighted by molar-refractivity contribution is -0.286. The Morgan fingerprint density at radius 3 is 1.56 bits per heavy atom. The second-order valence-corrected chi connectivity index (χ2v) is 3.87. The van der Waals surface area contributed by atoms with Crippen molar-refractivity contribution in [2.45, 2.75) is 30.7 Å². The summed E-state index contributed by atoms with van der Waals surface area (Å²) < 4.78 is 4.58. The lowest BCUT2D eigenvalue weighted by atomic mass is 10.00. The van der Waals surface area contributed by atoms with Gasteiger partial charge >= 0.3 is 0 Å². The van der Waals surface area contributed by atoms with Crippen LogP contribution in [0.4, 0.5) is 0 Å². The Balaban J connectivity index is 0.000000225. The molecule has 1 aliphatic rings. The van der Waals surface area contributed by atoms with Crippen LogP contribution >= 0.6 is 0 Å². The van der Waals surface area contributed by atoms with Crippen molar-refractivity contribution in [3.8, 4) is 0 Å². The highest BCUT2D eigenvalue weighted by Gasteiger charge is 2.42. The Bertz CT molecular complexity index is 288. The first kappa shape index (κ1) is 15.0. The lowest BCUT2D eigenvalue weighted by Crippen LogP contribution is -2.58. The van der Waals surface area contributed by atoms with Crippen LogP contribution in [0.1, 0.15) is 0 Å². The van der Waals surface area contributed by atoms with Gasteiger partial charge in [0.05, 0.1) is 6.61 Å². The van der Waals surface area contributed by atoms with E-state index in [1.54, 1.807) is 0 Å². The topological polar surface area (TPSA) is 110 Å². The van der Waals surface area contributed by atoms with E-state index in [9.17, 15) is 0 Å². The fraction of sp³-hybridized carbons (Fsp3) is 0.500. The van der Waals surface area contributed by atoms with Crippen molar-refractivity contribution < 1.29 is 30.3 Å². The molecule has 1 fully saturated rings. The van der Waals surface area contributed by atoms with E-state index in [0.717, 1.165) is 0 Å². The van der Waals surface area contributed by atoms with Gasteiger partial charge in [-0.1, -0.05) is 36.4 Å². The standard InChI is InChI=1S/C6H12O6.C6H6/c7-1-2-3(8)4(9)5(10)6(11)12-2;1-2-4-6-5-3-1/h2-11H,1H2;1-6H/t2-,3+,4+,5-,6-;/m1./s1. The average Bonchev–Trinajstić information content (AvgIpc) is 2.43. The van der Waals surface area contributed by atoms with Crippen molar-refractivity contribution in [2.24, 2.45) is 0 Å². The molecule has 1 aromatic carbocycles. The third-order valence-corrected chi connectivity index (χ3v) is 2.53. The molecule has 6 heteroatoms. The smallest absolute Gasteiger partial charge is 0.184 e. The zero-order valence-electron chi connectivity index (χ0n) is 9.70. The highest BCUT2D eigenvalue weighted by molar-refractivity contribution is 4.99. The van der Waals surface area contributed by atoms with E-state index in [4.69, 9.17) is 25.5 Å². The molecule has 0 unspecified atom stereocenters. The molecule has 0 spiro atoms. The van der Waals surface area contributed by atoms with E-state index in [1.165, 1.54) is 0 Å². The molecule has 0 amide bonds. The second kappa shape index (κ2) is 7.42. The summed E-state index contributed by atoms with van der Waals surface area (Å²) >= 11 is 0. The van der Waals surface area contributed by atoms with Crippen LogP contribution in [0, 0.1) is 0 Å². The normalized spacial score (nSPS) is 35.5. The van der Waals surface area contributed by atoms with Crippen LogP contribution in [0.15, 0.2) is 36.4 Å². The second-order valence-electron chi connectivity index (χ2n) is 3.87. The van der Waals surface area contributed by atoms with Gasteiger partial charge in [0.2, 0.25) is 0 Å². The van der Waals surface area contributed by atoms with E-state index in [-0.39, 0.29) is 0 Å². The quantitative estimate of drug-likeness (QED) is 0.418. The number of benzene rings is 1. The predicted octanol–water partition coefficient (Wildman–Crippen LogP) is -1.53. The molecule has 5 atom stereocenters. The summed E-state index contributed by atoms with van der Waals surface area (Å²) in [5.74, 6) is 0. The highest BCUT2D eigenvalue weighted by Crippen LogP contribution is 2.18. The van der Waals surface area contributed by atoms with E-state index in [0.29, 0.717) is 0 Å². The first-order valence-electron chi connectivity index (χ1n) is 5.56. The van der Waals surface area contributed by atoms with Crippen molar-refractivity contribution in [1.29, 1.82) is 0 Å². The zero-order valence-corrected chi connectivity index (χ0v) is 9.70. The first-order chi connectivity index (χ1) is 8.57. The Morgan fingerprint density at radius 2 is 1.17 bits per heavy atom. The van der Waals surface area contributed by atoms with Crippen LogP contribution in [0.25, 0.3) is 0 Å². The van der Waals surface area contributed by atoms with E-state index < -0.39 is 37.3 Å². The molecule has 1 aromatic rings. The number of aliphatic hydroxyl groups is 5. The summed E-state index contributed by atoms with van der Waals surface area (Å²) in [6.07, 6.45) is -7.04. The molecule has 0 radical (unpaired) electrons. The summed E-state index contributed by atoms with van der Waals surface area (Å²) in [6.45, 7) is -0.526. The first-order valence-corrected chi connectivity index (χ1v) is 5.56. The Labute approximate surface area is 105 Å². The molecule has 18 heavy (non-hydrogen) atoms. The number of hydrogen-bond acceptors (Lipinski definition) is 6. The molecular formula is C12H18O6. The summed E-state index contributed by atoms with van der Waals surface area (Å²) in [5, 5.41) is 44.7. The van der Waals surface area contributed by atoms with Crippen molar-refractivity contribution in [2.75, 3.05) is 6.61 Å². The SMILES string of the molecule is OC[C@H]1O[C@@H](O)[C@H](O)[C@@H](O)[C@H]1O.c1ccccc1. The molecule has 102 valence electrons. The minimum Gasteiger partial charge on any atom is -0.394 e. The fourth-order valence-corrected chi connectivity index (χ4v) is 1.47. The summed E-state index contributed by atoms with van der Waals surface area (Å²) in [6, 6.07) is 12.0. The minimum absolute atomic E-state index is 0.526. The van der Waals surface area contributed by atoms with Gasteiger partial charge in [-0.25, -0.2) is 0 Å². The van der Waals surface area contributed by atoms with Crippen molar-refractivity contribution in [3.63, 3.8) is 0 Å². The van der Waals surface area contributed by atoms with Crippen LogP contribution in [0.5, 0.6) is 0 Å². The third-order valence-electron chi connectivity index (χ3n) is 2.53. The van der Waals surface area contributed by atoms with Gasteiger partial charge in [-0.15, -0.1) is 0 Å². The molecule has 0 aliphatic carbocycles. The van der Waals surface area contributed by atoms with Gasteiger partial charge in [0.15, 0.2) is 6.29 Å². The Morgan fingerprint density at radius 1 is 0.722 bits per heavy atom. The summed E-state index contributed by atoms with van der Waals surface area (Å²) in [7, 11) is 0. The van der Waals surface area contributed by atoms with Crippen LogP contribution < -0.4 is 0 Å². The number of ether oxygens (including phenoxy) is 1. The highest BCUT2D eigenvalue weighted by atomic mass is 16.6. The largest absolute Gasteiger partial charge is 0.394 e. The van der Waals surface area contributed by atoms with Gasteiger partial charge in [-0.2, -0.15) is 0 Å². The molecule has 1 heterocycles. The molecule has 0 aromatic heterocycles. The van der Waals surface area contributed by atoms with Gasteiger partial charge in [-0.3, -0.25) is 0 Å². The number of rotatable bonds is 1. The molecule has 1 saturated heterocycles.